The van der Waals surface area contributed by atoms with Gasteiger partial charge in [-0.15, -0.1) is 0 Å². The SMILES string of the molecule is CNc1ccc(C)c(C=C(C)C(C)=N)c1. The molecular formula is C13H18N2. The van der Waals surface area contributed by atoms with E-state index in [1.807, 2.05) is 20.9 Å². The summed E-state index contributed by atoms with van der Waals surface area (Å²) >= 11 is 0. The third kappa shape index (κ3) is 2.94. The highest BCUT2D eigenvalue weighted by Crippen LogP contribution is 2.18. The second-order valence-corrected chi connectivity index (χ2v) is 3.77. The second-order valence-electron chi connectivity index (χ2n) is 3.77. The van der Waals surface area contributed by atoms with Crippen LogP contribution >= 0.6 is 0 Å². The number of anilines is 1. The van der Waals surface area contributed by atoms with E-state index in [-0.39, 0.29) is 0 Å². The van der Waals surface area contributed by atoms with Gasteiger partial charge in [0.25, 0.3) is 0 Å². The van der Waals surface area contributed by atoms with Crippen molar-refractivity contribution in [3.63, 3.8) is 0 Å². The molecule has 15 heavy (non-hydrogen) atoms. The van der Waals surface area contributed by atoms with Crippen LogP contribution in [-0.2, 0) is 0 Å². The van der Waals surface area contributed by atoms with Gasteiger partial charge in [-0.05, 0) is 55.7 Å². The number of rotatable bonds is 3. The fourth-order valence-electron chi connectivity index (χ4n) is 1.29. The zero-order valence-corrected chi connectivity index (χ0v) is 9.81. The van der Waals surface area contributed by atoms with Crippen molar-refractivity contribution in [2.24, 2.45) is 0 Å². The molecule has 1 aromatic carbocycles. The summed E-state index contributed by atoms with van der Waals surface area (Å²) in [6.07, 6.45) is 2.05. The Kier molecular flexibility index (Phi) is 3.67. The Morgan fingerprint density at radius 1 is 1.33 bits per heavy atom. The number of nitrogens with one attached hydrogen (secondary N) is 2. The summed E-state index contributed by atoms with van der Waals surface area (Å²) < 4.78 is 0. The van der Waals surface area contributed by atoms with Crippen molar-refractivity contribution in [1.82, 2.24) is 0 Å². The Balaban J connectivity index is 3.13. The molecule has 0 radical (unpaired) electrons. The molecule has 0 saturated heterocycles. The Morgan fingerprint density at radius 3 is 2.53 bits per heavy atom. The van der Waals surface area contributed by atoms with Gasteiger partial charge >= 0.3 is 0 Å². The summed E-state index contributed by atoms with van der Waals surface area (Å²) in [5.41, 5.74) is 5.12. The van der Waals surface area contributed by atoms with Crippen molar-refractivity contribution in [3.05, 3.63) is 34.9 Å². The standard InChI is InChI=1S/C13H18N2/c1-9-5-6-13(15-4)8-12(9)7-10(2)11(3)14/h5-8,14-15H,1-4H3. The summed E-state index contributed by atoms with van der Waals surface area (Å²) in [7, 11) is 1.91. The molecule has 2 N–H and O–H groups in total. The van der Waals surface area contributed by atoms with Crippen LogP contribution in [0.5, 0.6) is 0 Å². The van der Waals surface area contributed by atoms with Gasteiger partial charge in [0.15, 0.2) is 0 Å². The number of benzene rings is 1. The molecule has 0 saturated carbocycles. The van der Waals surface area contributed by atoms with Gasteiger partial charge in [-0.25, -0.2) is 0 Å². The summed E-state index contributed by atoms with van der Waals surface area (Å²) in [6.45, 7) is 5.86. The van der Waals surface area contributed by atoms with Gasteiger partial charge in [-0.1, -0.05) is 6.07 Å². The third-order valence-electron chi connectivity index (χ3n) is 2.53. The first-order valence-electron chi connectivity index (χ1n) is 5.07. The lowest BCUT2D eigenvalue weighted by molar-refractivity contribution is 1.39. The predicted molar refractivity (Wildman–Crippen MR) is 67.8 cm³/mol. The molecule has 0 unspecified atom stereocenters. The molecule has 0 heterocycles. The molecular weight excluding hydrogens is 184 g/mol. The fourth-order valence-corrected chi connectivity index (χ4v) is 1.29. The topological polar surface area (TPSA) is 35.9 Å². The van der Waals surface area contributed by atoms with E-state index in [1.165, 1.54) is 11.1 Å². The molecule has 0 aliphatic carbocycles. The average Bonchev–Trinajstić information content (AvgIpc) is 2.21. The number of hydrogen-bond acceptors (Lipinski definition) is 2. The van der Waals surface area contributed by atoms with Crippen LogP contribution in [-0.4, -0.2) is 12.8 Å². The maximum Gasteiger partial charge on any atom is 0.0343 e. The zero-order chi connectivity index (χ0) is 11.4. The van der Waals surface area contributed by atoms with Crippen molar-refractivity contribution in [1.29, 1.82) is 5.41 Å². The molecule has 2 nitrogen and oxygen atoms in total. The van der Waals surface area contributed by atoms with Crippen molar-refractivity contribution in [3.8, 4) is 0 Å². The highest BCUT2D eigenvalue weighted by Gasteiger charge is 1.98. The van der Waals surface area contributed by atoms with Gasteiger partial charge in [-0.2, -0.15) is 0 Å². The van der Waals surface area contributed by atoms with Crippen LogP contribution in [0.15, 0.2) is 23.8 Å². The van der Waals surface area contributed by atoms with Crippen molar-refractivity contribution >= 4 is 17.5 Å². The maximum atomic E-state index is 7.53. The minimum Gasteiger partial charge on any atom is -0.388 e. The quantitative estimate of drug-likeness (QED) is 0.723. The molecule has 0 aromatic heterocycles. The first-order chi connectivity index (χ1) is 7.04. The van der Waals surface area contributed by atoms with Gasteiger partial charge in [0.2, 0.25) is 0 Å². The normalized spacial score (nSPS) is 11.3. The highest BCUT2D eigenvalue weighted by molar-refractivity contribution is 5.99. The van der Waals surface area contributed by atoms with Crippen molar-refractivity contribution < 1.29 is 0 Å². The number of aryl methyl sites for hydroxylation is 1. The zero-order valence-electron chi connectivity index (χ0n) is 9.81. The molecule has 0 aliphatic heterocycles. The Morgan fingerprint density at radius 2 is 2.00 bits per heavy atom. The molecule has 2 heteroatoms. The smallest absolute Gasteiger partial charge is 0.0343 e. The lowest BCUT2D eigenvalue weighted by Crippen LogP contribution is -1.93. The van der Waals surface area contributed by atoms with Crippen LogP contribution in [0, 0.1) is 12.3 Å². The van der Waals surface area contributed by atoms with Gasteiger partial charge in [0.1, 0.15) is 0 Å². The third-order valence-corrected chi connectivity index (χ3v) is 2.53. The first-order valence-corrected chi connectivity index (χ1v) is 5.07. The van der Waals surface area contributed by atoms with Crippen LogP contribution in [0.3, 0.4) is 0 Å². The van der Waals surface area contributed by atoms with E-state index in [2.05, 4.69) is 36.5 Å². The fraction of sp³-hybridized carbons (Fsp3) is 0.308. The van der Waals surface area contributed by atoms with Crippen LogP contribution in [0.25, 0.3) is 6.08 Å². The Bertz CT molecular complexity index is 403. The molecule has 0 bridgehead atoms. The molecule has 0 atom stereocenters. The maximum absolute atomic E-state index is 7.53. The van der Waals surface area contributed by atoms with Crippen LogP contribution in [0.1, 0.15) is 25.0 Å². The number of hydrogen-bond donors (Lipinski definition) is 2. The average molecular weight is 202 g/mol. The summed E-state index contributed by atoms with van der Waals surface area (Å²) in [6, 6.07) is 6.24. The number of allylic oxidation sites excluding steroid dienone is 1. The molecule has 80 valence electrons. The molecule has 0 aliphatic rings. The summed E-state index contributed by atoms with van der Waals surface area (Å²) in [5.74, 6) is 0. The van der Waals surface area contributed by atoms with Crippen LogP contribution in [0.2, 0.25) is 0 Å². The predicted octanol–water partition coefficient (Wildman–Crippen LogP) is 3.48. The molecule has 1 rings (SSSR count). The van der Waals surface area contributed by atoms with E-state index in [1.54, 1.807) is 0 Å². The van der Waals surface area contributed by atoms with Gasteiger partial charge in [0.05, 0.1) is 0 Å². The van der Waals surface area contributed by atoms with E-state index in [4.69, 9.17) is 5.41 Å². The lowest BCUT2D eigenvalue weighted by atomic mass is 10.0. The van der Waals surface area contributed by atoms with Gasteiger partial charge in [-0.3, -0.25) is 0 Å². The Hall–Kier alpha value is -1.57. The minimum atomic E-state index is 0.615. The van der Waals surface area contributed by atoms with E-state index in [0.717, 1.165) is 11.3 Å². The van der Waals surface area contributed by atoms with Gasteiger partial charge < -0.3 is 10.7 Å². The van der Waals surface area contributed by atoms with E-state index in [0.29, 0.717) is 5.71 Å². The summed E-state index contributed by atoms with van der Waals surface area (Å²) in [4.78, 5) is 0. The molecule has 1 aromatic rings. The van der Waals surface area contributed by atoms with Crippen molar-refractivity contribution in [2.75, 3.05) is 12.4 Å². The summed E-state index contributed by atoms with van der Waals surface area (Å²) in [5, 5.41) is 10.6. The molecule has 0 amide bonds. The second kappa shape index (κ2) is 4.78. The first kappa shape index (κ1) is 11.5. The minimum absolute atomic E-state index is 0.615. The molecule has 0 spiro atoms. The molecule has 0 fully saturated rings. The monoisotopic (exact) mass is 202 g/mol. The van der Waals surface area contributed by atoms with E-state index < -0.39 is 0 Å². The highest BCUT2D eigenvalue weighted by atomic mass is 14.8. The van der Waals surface area contributed by atoms with Crippen molar-refractivity contribution in [2.45, 2.75) is 20.8 Å². The van der Waals surface area contributed by atoms with Crippen LogP contribution < -0.4 is 5.32 Å². The van der Waals surface area contributed by atoms with E-state index >= 15 is 0 Å². The lowest BCUT2D eigenvalue weighted by Gasteiger charge is -2.06. The largest absolute Gasteiger partial charge is 0.388 e. The van der Waals surface area contributed by atoms with Crippen LogP contribution in [0.4, 0.5) is 5.69 Å². The Labute approximate surface area is 91.5 Å². The van der Waals surface area contributed by atoms with Gasteiger partial charge in [0, 0.05) is 18.4 Å². The van der Waals surface area contributed by atoms with E-state index in [9.17, 15) is 0 Å².